The summed E-state index contributed by atoms with van der Waals surface area (Å²) in [7, 11) is 0. The maximum atomic E-state index is 12.0. The van der Waals surface area contributed by atoms with Crippen LogP contribution >= 0.6 is 0 Å². The predicted octanol–water partition coefficient (Wildman–Crippen LogP) is 3.11. The summed E-state index contributed by atoms with van der Waals surface area (Å²) in [4.78, 5) is 0. The normalized spacial score (nSPS) is 36.2. The first-order valence-electron chi connectivity index (χ1n) is 6.20. The van der Waals surface area contributed by atoms with Crippen LogP contribution in [0.25, 0.3) is 0 Å². The third-order valence-electron chi connectivity index (χ3n) is 3.81. The lowest BCUT2D eigenvalue weighted by Gasteiger charge is -2.25. The van der Waals surface area contributed by atoms with E-state index in [0.29, 0.717) is 12.3 Å². The van der Waals surface area contributed by atoms with Crippen molar-refractivity contribution in [3.8, 4) is 0 Å². The van der Waals surface area contributed by atoms with Crippen molar-refractivity contribution >= 4 is 0 Å². The van der Waals surface area contributed by atoms with Gasteiger partial charge >= 0.3 is 6.18 Å². The SMILES string of the molecule is CC1OC(C)C(C(N)CCCC(F)(F)F)C1C. The number of hydrogen-bond acceptors (Lipinski definition) is 2. The van der Waals surface area contributed by atoms with Crippen molar-refractivity contribution in [3.05, 3.63) is 0 Å². The van der Waals surface area contributed by atoms with Crippen LogP contribution in [-0.4, -0.2) is 24.4 Å². The molecule has 102 valence electrons. The summed E-state index contributed by atoms with van der Waals surface area (Å²) in [5.74, 6) is 0.476. The standard InChI is InChI=1S/C12H22F3NO/c1-7-8(2)17-9(3)11(7)10(16)5-4-6-12(13,14)15/h7-11H,4-6,16H2,1-3H3. The number of alkyl halides is 3. The second kappa shape index (κ2) is 5.57. The van der Waals surface area contributed by atoms with Crippen LogP contribution in [-0.2, 0) is 4.74 Å². The van der Waals surface area contributed by atoms with E-state index in [4.69, 9.17) is 10.5 Å². The highest BCUT2D eigenvalue weighted by molar-refractivity contribution is 4.90. The van der Waals surface area contributed by atoms with Crippen molar-refractivity contribution in [3.63, 3.8) is 0 Å². The first-order valence-corrected chi connectivity index (χ1v) is 6.20. The minimum Gasteiger partial charge on any atom is -0.375 e. The van der Waals surface area contributed by atoms with Crippen LogP contribution in [0.3, 0.4) is 0 Å². The van der Waals surface area contributed by atoms with Gasteiger partial charge in [0.1, 0.15) is 0 Å². The van der Waals surface area contributed by atoms with E-state index in [9.17, 15) is 13.2 Å². The number of ether oxygens (including phenoxy) is 1. The van der Waals surface area contributed by atoms with Crippen molar-refractivity contribution in [2.75, 3.05) is 0 Å². The van der Waals surface area contributed by atoms with Crippen LogP contribution in [0.1, 0.15) is 40.0 Å². The number of halogens is 3. The van der Waals surface area contributed by atoms with Crippen molar-refractivity contribution in [2.24, 2.45) is 17.6 Å². The zero-order valence-corrected chi connectivity index (χ0v) is 10.6. The van der Waals surface area contributed by atoms with Crippen LogP contribution in [0.2, 0.25) is 0 Å². The van der Waals surface area contributed by atoms with Crippen LogP contribution in [0.15, 0.2) is 0 Å². The molecule has 0 aliphatic carbocycles. The second-order valence-corrected chi connectivity index (χ2v) is 5.15. The summed E-state index contributed by atoms with van der Waals surface area (Å²) < 4.78 is 41.8. The van der Waals surface area contributed by atoms with E-state index in [1.165, 1.54) is 0 Å². The molecule has 0 aromatic heterocycles. The lowest BCUT2D eigenvalue weighted by atomic mass is 9.82. The molecule has 2 N–H and O–H groups in total. The van der Waals surface area contributed by atoms with Crippen LogP contribution in [0.4, 0.5) is 13.2 Å². The van der Waals surface area contributed by atoms with Gasteiger partial charge in [-0.1, -0.05) is 6.92 Å². The second-order valence-electron chi connectivity index (χ2n) is 5.15. The van der Waals surface area contributed by atoms with Gasteiger partial charge in [-0.3, -0.25) is 0 Å². The van der Waals surface area contributed by atoms with E-state index >= 15 is 0 Å². The highest BCUT2D eigenvalue weighted by Crippen LogP contribution is 2.35. The number of rotatable bonds is 4. The van der Waals surface area contributed by atoms with Crippen molar-refractivity contribution in [1.82, 2.24) is 0 Å². The minimum absolute atomic E-state index is 0.0425. The molecular formula is C12H22F3NO. The van der Waals surface area contributed by atoms with Crippen molar-refractivity contribution < 1.29 is 17.9 Å². The fourth-order valence-corrected chi connectivity index (χ4v) is 2.76. The molecule has 1 aliphatic rings. The summed E-state index contributed by atoms with van der Waals surface area (Å²) >= 11 is 0. The zero-order valence-electron chi connectivity index (χ0n) is 10.6. The van der Waals surface area contributed by atoms with Crippen molar-refractivity contribution in [1.29, 1.82) is 0 Å². The minimum atomic E-state index is -4.07. The smallest absolute Gasteiger partial charge is 0.375 e. The van der Waals surface area contributed by atoms with Gasteiger partial charge in [-0.15, -0.1) is 0 Å². The Kier molecular flexibility index (Phi) is 4.84. The number of hydrogen-bond donors (Lipinski definition) is 1. The van der Waals surface area contributed by atoms with E-state index < -0.39 is 12.6 Å². The summed E-state index contributed by atoms with van der Waals surface area (Å²) in [5, 5.41) is 0. The Balaban J connectivity index is 2.39. The largest absolute Gasteiger partial charge is 0.389 e. The molecule has 2 nitrogen and oxygen atoms in total. The number of nitrogens with two attached hydrogens (primary N) is 1. The van der Waals surface area contributed by atoms with Gasteiger partial charge in [-0.05, 0) is 32.6 Å². The maximum Gasteiger partial charge on any atom is 0.389 e. The molecule has 0 saturated carbocycles. The van der Waals surface area contributed by atoms with Gasteiger partial charge in [0.25, 0.3) is 0 Å². The zero-order chi connectivity index (χ0) is 13.2. The van der Waals surface area contributed by atoms with Gasteiger partial charge in [0.2, 0.25) is 0 Å². The molecule has 1 saturated heterocycles. The molecule has 0 aromatic carbocycles. The predicted molar refractivity (Wildman–Crippen MR) is 60.5 cm³/mol. The highest BCUT2D eigenvalue weighted by Gasteiger charge is 2.40. The average Bonchev–Trinajstić information content (AvgIpc) is 2.38. The van der Waals surface area contributed by atoms with E-state index in [0.717, 1.165) is 0 Å². The quantitative estimate of drug-likeness (QED) is 0.835. The van der Waals surface area contributed by atoms with E-state index in [1.54, 1.807) is 0 Å². The van der Waals surface area contributed by atoms with Crippen molar-refractivity contribution in [2.45, 2.75) is 64.5 Å². The molecular weight excluding hydrogens is 231 g/mol. The monoisotopic (exact) mass is 253 g/mol. The fourth-order valence-electron chi connectivity index (χ4n) is 2.76. The molecule has 1 rings (SSSR count). The Bertz CT molecular complexity index is 244. The average molecular weight is 253 g/mol. The lowest BCUT2D eigenvalue weighted by Crippen LogP contribution is -2.37. The van der Waals surface area contributed by atoms with E-state index in [2.05, 4.69) is 6.92 Å². The third kappa shape index (κ3) is 4.14. The lowest BCUT2D eigenvalue weighted by molar-refractivity contribution is -0.135. The molecule has 5 heteroatoms. The fraction of sp³-hybridized carbons (Fsp3) is 1.00. The topological polar surface area (TPSA) is 35.2 Å². The van der Waals surface area contributed by atoms with Gasteiger partial charge in [0, 0.05) is 18.4 Å². The first-order chi connectivity index (χ1) is 7.72. The van der Waals surface area contributed by atoms with Gasteiger partial charge in [-0.25, -0.2) is 0 Å². The molecule has 0 spiro atoms. The molecule has 5 atom stereocenters. The highest BCUT2D eigenvalue weighted by atomic mass is 19.4. The molecule has 5 unspecified atom stereocenters. The summed E-state index contributed by atoms with van der Waals surface area (Å²) in [6.45, 7) is 6.00. The third-order valence-corrected chi connectivity index (χ3v) is 3.81. The molecule has 1 heterocycles. The van der Waals surface area contributed by atoms with Gasteiger partial charge in [0.15, 0.2) is 0 Å². The maximum absolute atomic E-state index is 12.0. The van der Waals surface area contributed by atoms with Crippen LogP contribution in [0.5, 0.6) is 0 Å². The first kappa shape index (κ1) is 14.8. The summed E-state index contributed by atoms with van der Waals surface area (Å²) in [5.41, 5.74) is 6.00. The summed E-state index contributed by atoms with van der Waals surface area (Å²) in [6, 6.07) is -0.202. The molecule has 0 amide bonds. The molecule has 0 bridgehead atoms. The molecule has 0 aromatic rings. The Morgan fingerprint density at radius 2 is 1.76 bits per heavy atom. The van der Waals surface area contributed by atoms with E-state index in [-0.39, 0.29) is 30.6 Å². The van der Waals surface area contributed by atoms with Gasteiger partial charge in [0.05, 0.1) is 12.2 Å². The van der Waals surface area contributed by atoms with Gasteiger partial charge < -0.3 is 10.5 Å². The van der Waals surface area contributed by atoms with Gasteiger partial charge in [-0.2, -0.15) is 13.2 Å². The molecule has 1 aliphatic heterocycles. The molecule has 17 heavy (non-hydrogen) atoms. The molecule has 0 radical (unpaired) electrons. The van der Waals surface area contributed by atoms with Crippen LogP contribution in [0, 0.1) is 11.8 Å². The molecule has 1 fully saturated rings. The Labute approximate surface area is 101 Å². The Hall–Kier alpha value is -0.290. The van der Waals surface area contributed by atoms with Crippen LogP contribution < -0.4 is 5.73 Å². The summed E-state index contributed by atoms with van der Waals surface area (Å²) in [6.07, 6.45) is -4.11. The Morgan fingerprint density at radius 1 is 1.18 bits per heavy atom. The Morgan fingerprint density at radius 3 is 2.18 bits per heavy atom. The van der Waals surface area contributed by atoms with E-state index in [1.807, 2.05) is 13.8 Å².